The molecule has 2 saturated heterocycles. The third-order valence-electron chi connectivity index (χ3n) is 5.09. The van der Waals surface area contributed by atoms with E-state index in [0.717, 1.165) is 37.9 Å². The van der Waals surface area contributed by atoms with Gasteiger partial charge >= 0.3 is 0 Å². The minimum absolute atomic E-state index is 0.0729. The van der Waals surface area contributed by atoms with Gasteiger partial charge < -0.3 is 14.7 Å². The zero-order chi connectivity index (χ0) is 17.8. The summed E-state index contributed by atoms with van der Waals surface area (Å²) < 4.78 is 0. The maximum atomic E-state index is 12.6. The Morgan fingerprint density at radius 1 is 0.808 bits per heavy atom. The van der Waals surface area contributed by atoms with E-state index >= 15 is 0 Å². The molecule has 2 aromatic rings. The molecule has 7 nitrogen and oxygen atoms in total. The number of amides is 1. The van der Waals surface area contributed by atoms with E-state index in [4.69, 9.17) is 4.98 Å². The minimum Gasteiger partial charge on any atom is -0.353 e. The molecule has 7 heteroatoms. The van der Waals surface area contributed by atoms with Crippen LogP contribution in [0.1, 0.15) is 29.6 Å². The highest BCUT2D eigenvalue weighted by molar-refractivity contribution is 5.94. The van der Waals surface area contributed by atoms with Gasteiger partial charge in [0, 0.05) is 63.4 Å². The maximum absolute atomic E-state index is 12.6. The van der Waals surface area contributed by atoms with Crippen LogP contribution in [-0.4, -0.2) is 65.0 Å². The van der Waals surface area contributed by atoms with E-state index < -0.39 is 0 Å². The molecule has 4 rings (SSSR count). The fraction of sp³-hybridized carbons (Fsp3) is 0.474. The van der Waals surface area contributed by atoms with Crippen LogP contribution in [0.4, 0.5) is 11.8 Å². The Morgan fingerprint density at radius 2 is 1.54 bits per heavy atom. The van der Waals surface area contributed by atoms with Gasteiger partial charge in [-0.3, -0.25) is 9.78 Å². The van der Waals surface area contributed by atoms with Crippen molar-refractivity contribution < 1.29 is 4.79 Å². The van der Waals surface area contributed by atoms with Gasteiger partial charge in [-0.2, -0.15) is 4.98 Å². The van der Waals surface area contributed by atoms with E-state index in [1.807, 2.05) is 17.2 Å². The fourth-order valence-corrected chi connectivity index (χ4v) is 3.58. The van der Waals surface area contributed by atoms with Crippen LogP contribution >= 0.6 is 0 Å². The zero-order valence-electron chi connectivity index (χ0n) is 14.9. The second kappa shape index (κ2) is 7.68. The molecule has 26 heavy (non-hydrogen) atoms. The largest absolute Gasteiger partial charge is 0.353 e. The number of carbonyl (C=O) groups excluding carboxylic acids is 1. The van der Waals surface area contributed by atoms with Crippen molar-refractivity contribution in [3.8, 4) is 0 Å². The van der Waals surface area contributed by atoms with Gasteiger partial charge in [0.05, 0.1) is 0 Å². The van der Waals surface area contributed by atoms with Gasteiger partial charge in [-0.25, -0.2) is 4.98 Å². The number of pyridine rings is 1. The van der Waals surface area contributed by atoms with Gasteiger partial charge in [0.1, 0.15) is 5.82 Å². The molecule has 4 heterocycles. The van der Waals surface area contributed by atoms with E-state index in [9.17, 15) is 4.79 Å². The van der Waals surface area contributed by atoms with Crippen LogP contribution in [0, 0.1) is 0 Å². The summed E-state index contributed by atoms with van der Waals surface area (Å²) in [7, 11) is 0. The van der Waals surface area contributed by atoms with Crippen molar-refractivity contribution in [3.05, 3.63) is 42.4 Å². The monoisotopic (exact) mass is 352 g/mol. The summed E-state index contributed by atoms with van der Waals surface area (Å²) in [5, 5.41) is 0. The van der Waals surface area contributed by atoms with E-state index in [0.29, 0.717) is 18.7 Å². The lowest BCUT2D eigenvalue weighted by molar-refractivity contribution is 0.0746. The number of piperidine rings is 1. The zero-order valence-corrected chi connectivity index (χ0v) is 14.9. The second-order valence-electron chi connectivity index (χ2n) is 6.78. The summed E-state index contributed by atoms with van der Waals surface area (Å²) in [5.74, 6) is 1.86. The van der Waals surface area contributed by atoms with Crippen molar-refractivity contribution in [2.45, 2.75) is 19.3 Å². The average Bonchev–Trinajstić information content (AvgIpc) is 2.75. The molecule has 0 aliphatic carbocycles. The first-order valence-corrected chi connectivity index (χ1v) is 9.33. The molecule has 0 radical (unpaired) electrons. The quantitative estimate of drug-likeness (QED) is 0.840. The van der Waals surface area contributed by atoms with Crippen molar-refractivity contribution in [2.24, 2.45) is 0 Å². The molecular weight excluding hydrogens is 328 g/mol. The van der Waals surface area contributed by atoms with Gasteiger partial charge in [-0.15, -0.1) is 0 Å². The third-order valence-corrected chi connectivity index (χ3v) is 5.09. The fourth-order valence-electron chi connectivity index (χ4n) is 3.58. The van der Waals surface area contributed by atoms with Gasteiger partial charge in [0.2, 0.25) is 5.95 Å². The molecule has 0 atom stereocenters. The normalized spacial score (nSPS) is 18.1. The first kappa shape index (κ1) is 16.8. The first-order valence-electron chi connectivity index (χ1n) is 9.33. The van der Waals surface area contributed by atoms with Crippen LogP contribution in [0.3, 0.4) is 0 Å². The predicted octanol–water partition coefficient (Wildman–Crippen LogP) is 1.82. The lowest BCUT2D eigenvalue weighted by atomic mass is 10.1. The Morgan fingerprint density at radius 3 is 2.27 bits per heavy atom. The van der Waals surface area contributed by atoms with Crippen LogP contribution < -0.4 is 9.80 Å². The summed E-state index contributed by atoms with van der Waals surface area (Å²) in [6, 6.07) is 5.50. The molecule has 136 valence electrons. The van der Waals surface area contributed by atoms with E-state index in [2.05, 4.69) is 19.8 Å². The van der Waals surface area contributed by atoms with Crippen molar-refractivity contribution in [3.63, 3.8) is 0 Å². The molecule has 0 N–H and O–H groups in total. The van der Waals surface area contributed by atoms with Crippen molar-refractivity contribution in [1.29, 1.82) is 0 Å². The highest BCUT2D eigenvalue weighted by Gasteiger charge is 2.23. The molecule has 1 amide bonds. The smallest absolute Gasteiger partial charge is 0.254 e. The van der Waals surface area contributed by atoms with Crippen molar-refractivity contribution >= 4 is 17.7 Å². The lowest BCUT2D eigenvalue weighted by Crippen LogP contribution is -2.49. The number of anilines is 2. The molecule has 2 fully saturated rings. The molecule has 0 saturated carbocycles. The number of piperazine rings is 1. The number of aromatic nitrogens is 3. The Balaban J connectivity index is 1.39. The van der Waals surface area contributed by atoms with Crippen LogP contribution in [0.15, 0.2) is 36.8 Å². The van der Waals surface area contributed by atoms with Gasteiger partial charge in [-0.05, 0) is 37.5 Å². The average molecular weight is 352 g/mol. The Bertz CT molecular complexity index is 739. The minimum atomic E-state index is 0.0729. The molecule has 2 aliphatic rings. The highest BCUT2D eigenvalue weighted by atomic mass is 16.2. The molecular formula is C19H24N6O. The highest BCUT2D eigenvalue weighted by Crippen LogP contribution is 2.20. The summed E-state index contributed by atoms with van der Waals surface area (Å²) >= 11 is 0. The predicted molar refractivity (Wildman–Crippen MR) is 100 cm³/mol. The van der Waals surface area contributed by atoms with Gasteiger partial charge in [0.15, 0.2) is 0 Å². The molecule has 0 bridgehead atoms. The summed E-state index contributed by atoms with van der Waals surface area (Å²) in [4.78, 5) is 32.2. The van der Waals surface area contributed by atoms with Crippen LogP contribution in [0.5, 0.6) is 0 Å². The SMILES string of the molecule is O=C(c1ccncc1)N1CCN(c2ccnc(N3CCCCC3)n2)CC1. The maximum Gasteiger partial charge on any atom is 0.254 e. The number of nitrogens with zero attached hydrogens (tertiary/aromatic N) is 6. The standard InChI is InChI=1S/C19H24N6O/c26-18(16-4-7-20-8-5-16)24-14-12-23(13-15-24)17-6-9-21-19(22-17)25-10-2-1-3-11-25/h4-9H,1-3,10-15H2. The van der Waals surface area contributed by atoms with E-state index in [1.165, 1.54) is 19.3 Å². The van der Waals surface area contributed by atoms with Gasteiger partial charge in [0.25, 0.3) is 5.91 Å². The van der Waals surface area contributed by atoms with Crippen LogP contribution in [-0.2, 0) is 0 Å². The van der Waals surface area contributed by atoms with Crippen LogP contribution in [0.25, 0.3) is 0 Å². The topological polar surface area (TPSA) is 65.5 Å². The number of rotatable bonds is 3. The van der Waals surface area contributed by atoms with Crippen LogP contribution in [0.2, 0.25) is 0 Å². The van der Waals surface area contributed by atoms with E-state index in [1.54, 1.807) is 24.5 Å². The summed E-state index contributed by atoms with van der Waals surface area (Å²) in [5.41, 5.74) is 0.697. The Hall–Kier alpha value is -2.70. The van der Waals surface area contributed by atoms with Crippen molar-refractivity contribution in [2.75, 3.05) is 49.1 Å². The summed E-state index contributed by atoms with van der Waals surface area (Å²) in [6.07, 6.45) is 8.89. The Kier molecular flexibility index (Phi) is 4.95. The number of hydrogen-bond donors (Lipinski definition) is 0. The number of carbonyl (C=O) groups is 1. The number of hydrogen-bond acceptors (Lipinski definition) is 6. The lowest BCUT2D eigenvalue weighted by Gasteiger charge is -2.36. The third kappa shape index (κ3) is 3.61. The van der Waals surface area contributed by atoms with Gasteiger partial charge in [-0.1, -0.05) is 0 Å². The second-order valence-corrected chi connectivity index (χ2v) is 6.78. The molecule has 2 aromatic heterocycles. The van der Waals surface area contributed by atoms with E-state index in [-0.39, 0.29) is 5.91 Å². The van der Waals surface area contributed by atoms with Crippen molar-refractivity contribution in [1.82, 2.24) is 19.9 Å². The molecule has 0 unspecified atom stereocenters. The Labute approximate surface area is 153 Å². The molecule has 0 aromatic carbocycles. The summed E-state index contributed by atoms with van der Waals surface area (Å²) in [6.45, 7) is 5.05. The molecule has 2 aliphatic heterocycles. The first-order chi connectivity index (χ1) is 12.8. The molecule has 0 spiro atoms.